The van der Waals surface area contributed by atoms with Crippen molar-refractivity contribution < 1.29 is 14.0 Å². The molecule has 0 spiro atoms. The fourth-order valence-corrected chi connectivity index (χ4v) is 4.27. The van der Waals surface area contributed by atoms with Crippen molar-refractivity contribution in [2.24, 2.45) is 0 Å². The molecule has 0 saturated carbocycles. The number of nitrogens with one attached hydrogen (secondary N) is 1. The highest BCUT2D eigenvalue weighted by molar-refractivity contribution is 6.22. The van der Waals surface area contributed by atoms with Crippen molar-refractivity contribution in [2.75, 3.05) is 4.90 Å². The van der Waals surface area contributed by atoms with Gasteiger partial charge in [0.2, 0.25) is 11.8 Å². The van der Waals surface area contributed by atoms with Crippen molar-refractivity contribution in [2.45, 2.75) is 33.1 Å². The molecule has 1 saturated heterocycles. The first-order valence-electron chi connectivity index (χ1n) is 9.96. The second kappa shape index (κ2) is 6.80. The van der Waals surface area contributed by atoms with Crippen molar-refractivity contribution in [3.05, 3.63) is 75.2 Å². The summed E-state index contributed by atoms with van der Waals surface area (Å²) in [5.41, 5.74) is 3.91. The normalized spacial score (nSPS) is 16.6. The number of aromatic amines is 1. The number of anilines is 1. The van der Waals surface area contributed by atoms with Gasteiger partial charge in [0.05, 0.1) is 17.2 Å². The third-order valence-corrected chi connectivity index (χ3v) is 5.55. The molecule has 1 aliphatic heterocycles. The van der Waals surface area contributed by atoms with Crippen molar-refractivity contribution in [1.29, 1.82) is 0 Å². The van der Waals surface area contributed by atoms with Crippen LogP contribution in [-0.4, -0.2) is 26.6 Å². The number of benzene rings is 2. The van der Waals surface area contributed by atoms with E-state index in [1.807, 2.05) is 32.0 Å². The Hall–Kier alpha value is -3.94. The summed E-state index contributed by atoms with van der Waals surface area (Å²) in [5.74, 6) is -1.59. The van der Waals surface area contributed by atoms with E-state index < -0.39 is 17.4 Å². The van der Waals surface area contributed by atoms with Crippen molar-refractivity contribution >= 4 is 28.6 Å². The van der Waals surface area contributed by atoms with Gasteiger partial charge in [0.15, 0.2) is 5.58 Å². The van der Waals surface area contributed by atoms with Gasteiger partial charge >= 0.3 is 6.01 Å². The molecule has 1 atom stereocenters. The number of aryl methyl sites for hydroxylation is 3. The highest BCUT2D eigenvalue weighted by Gasteiger charge is 2.43. The number of carbonyl (C=O) groups excluding carboxylic acids is 2. The van der Waals surface area contributed by atoms with E-state index in [0.717, 1.165) is 11.1 Å². The number of carbonyl (C=O) groups is 2. The Bertz CT molecular complexity index is 1370. The van der Waals surface area contributed by atoms with Crippen LogP contribution in [0.15, 0.2) is 51.7 Å². The summed E-state index contributed by atoms with van der Waals surface area (Å²) >= 11 is 0. The SMILES string of the molecule is Cc1cc(C)cc(N2C(=O)CC(c3c(C)[nH]n(-c4nc5ccccc5o4)c3=O)C2=O)c1. The lowest BCUT2D eigenvalue weighted by atomic mass is 9.98. The van der Waals surface area contributed by atoms with E-state index in [9.17, 15) is 14.4 Å². The van der Waals surface area contributed by atoms with Gasteiger partial charge in [-0.25, -0.2) is 4.90 Å². The standard InChI is InChI=1S/C23H20N4O4/c1-12-8-13(2)10-15(9-12)26-19(28)11-16(21(26)29)20-14(3)25-27(22(20)30)23-24-17-6-4-5-7-18(17)31-23/h4-10,16,25H,11H2,1-3H3. The number of H-pyrrole nitrogens is 1. The van der Waals surface area contributed by atoms with Crippen LogP contribution in [0.4, 0.5) is 5.69 Å². The third-order valence-electron chi connectivity index (χ3n) is 5.55. The van der Waals surface area contributed by atoms with E-state index in [2.05, 4.69) is 10.1 Å². The molecule has 3 heterocycles. The van der Waals surface area contributed by atoms with Crippen LogP contribution >= 0.6 is 0 Å². The lowest BCUT2D eigenvalue weighted by molar-refractivity contribution is -0.121. The quantitative estimate of drug-likeness (QED) is 0.517. The number of imide groups is 1. The number of nitrogens with zero attached hydrogens (tertiary/aromatic N) is 3. The first kappa shape index (κ1) is 19.0. The Labute approximate surface area is 177 Å². The van der Waals surface area contributed by atoms with Crippen LogP contribution in [0.2, 0.25) is 0 Å². The maximum Gasteiger partial charge on any atom is 0.325 e. The summed E-state index contributed by atoms with van der Waals surface area (Å²) < 4.78 is 6.87. The Morgan fingerprint density at radius 2 is 1.74 bits per heavy atom. The minimum Gasteiger partial charge on any atom is -0.422 e. The van der Waals surface area contributed by atoms with E-state index in [-0.39, 0.29) is 23.9 Å². The van der Waals surface area contributed by atoms with Crippen LogP contribution in [0.25, 0.3) is 17.1 Å². The number of hydrogen-bond donors (Lipinski definition) is 1. The fourth-order valence-electron chi connectivity index (χ4n) is 4.27. The number of oxazole rings is 1. The van der Waals surface area contributed by atoms with E-state index in [4.69, 9.17) is 4.42 Å². The highest BCUT2D eigenvalue weighted by atomic mass is 16.4. The molecule has 0 radical (unpaired) electrons. The molecule has 2 aromatic heterocycles. The molecule has 2 aromatic carbocycles. The third kappa shape index (κ3) is 2.99. The zero-order chi connectivity index (χ0) is 21.9. The molecule has 8 heteroatoms. The second-order valence-electron chi connectivity index (χ2n) is 7.93. The lowest BCUT2D eigenvalue weighted by Crippen LogP contribution is -2.31. The summed E-state index contributed by atoms with van der Waals surface area (Å²) in [6.45, 7) is 5.52. The van der Waals surface area contributed by atoms with Crippen LogP contribution in [0, 0.1) is 20.8 Å². The number of hydrogen-bond acceptors (Lipinski definition) is 5. The van der Waals surface area contributed by atoms with Crippen LogP contribution < -0.4 is 10.5 Å². The molecule has 1 N–H and O–H groups in total. The smallest absolute Gasteiger partial charge is 0.325 e. The van der Waals surface area contributed by atoms with Gasteiger partial charge in [-0.05, 0) is 56.2 Å². The Kier molecular flexibility index (Phi) is 4.18. The van der Waals surface area contributed by atoms with E-state index in [1.54, 1.807) is 31.2 Å². The first-order valence-corrected chi connectivity index (χ1v) is 9.96. The van der Waals surface area contributed by atoms with Crippen molar-refractivity contribution in [3.63, 3.8) is 0 Å². The van der Waals surface area contributed by atoms with Gasteiger partial charge < -0.3 is 4.42 Å². The first-order chi connectivity index (χ1) is 14.8. The van der Waals surface area contributed by atoms with Gasteiger partial charge in [-0.1, -0.05) is 18.2 Å². The monoisotopic (exact) mass is 416 g/mol. The van der Waals surface area contributed by atoms with Gasteiger partial charge in [0.1, 0.15) is 5.52 Å². The van der Waals surface area contributed by atoms with E-state index in [1.165, 1.54) is 9.58 Å². The zero-order valence-corrected chi connectivity index (χ0v) is 17.3. The molecule has 1 unspecified atom stereocenters. The summed E-state index contributed by atoms with van der Waals surface area (Å²) in [7, 11) is 0. The number of amides is 2. The number of rotatable bonds is 3. The van der Waals surface area contributed by atoms with Crippen LogP contribution in [0.1, 0.15) is 34.7 Å². The molecule has 5 rings (SSSR count). The molecule has 1 fully saturated rings. The number of fused-ring (bicyclic) bond motifs is 1. The molecular formula is C23H20N4O4. The average molecular weight is 416 g/mol. The van der Waals surface area contributed by atoms with Gasteiger partial charge in [0, 0.05) is 12.1 Å². The Morgan fingerprint density at radius 3 is 2.45 bits per heavy atom. The zero-order valence-electron chi connectivity index (χ0n) is 17.3. The molecule has 0 aliphatic carbocycles. The fraction of sp³-hybridized carbons (Fsp3) is 0.217. The van der Waals surface area contributed by atoms with Crippen LogP contribution in [-0.2, 0) is 9.59 Å². The highest BCUT2D eigenvalue weighted by Crippen LogP contribution is 2.34. The van der Waals surface area contributed by atoms with E-state index >= 15 is 0 Å². The summed E-state index contributed by atoms with van der Waals surface area (Å²) in [6, 6.07) is 12.8. The van der Waals surface area contributed by atoms with Crippen molar-refractivity contribution in [3.8, 4) is 6.01 Å². The number of para-hydroxylation sites is 2. The largest absolute Gasteiger partial charge is 0.422 e. The predicted octanol–water partition coefficient (Wildman–Crippen LogP) is 3.28. The van der Waals surface area contributed by atoms with Crippen LogP contribution in [0.3, 0.4) is 0 Å². The topological polar surface area (TPSA) is 101 Å². The Balaban J connectivity index is 1.56. The minimum atomic E-state index is -0.859. The van der Waals surface area contributed by atoms with E-state index in [0.29, 0.717) is 22.5 Å². The van der Waals surface area contributed by atoms with Crippen LogP contribution in [0.5, 0.6) is 0 Å². The maximum atomic E-state index is 13.2. The molecule has 31 heavy (non-hydrogen) atoms. The predicted molar refractivity (Wildman–Crippen MR) is 114 cm³/mol. The van der Waals surface area contributed by atoms with Gasteiger partial charge in [-0.2, -0.15) is 9.67 Å². The molecular weight excluding hydrogens is 396 g/mol. The number of aromatic nitrogens is 3. The van der Waals surface area contributed by atoms with Gasteiger partial charge in [-0.15, -0.1) is 0 Å². The Morgan fingerprint density at radius 1 is 1.03 bits per heavy atom. The molecule has 8 nitrogen and oxygen atoms in total. The lowest BCUT2D eigenvalue weighted by Gasteiger charge is -2.16. The summed E-state index contributed by atoms with van der Waals surface area (Å²) in [6.07, 6.45) is -0.0622. The second-order valence-corrected chi connectivity index (χ2v) is 7.93. The minimum absolute atomic E-state index is 0.0622. The molecule has 4 aromatic rings. The van der Waals surface area contributed by atoms with Gasteiger partial charge in [0.25, 0.3) is 5.56 Å². The maximum absolute atomic E-state index is 13.2. The summed E-state index contributed by atoms with van der Waals surface area (Å²) in [4.78, 5) is 44.7. The van der Waals surface area contributed by atoms with Gasteiger partial charge in [-0.3, -0.25) is 19.5 Å². The molecule has 1 aliphatic rings. The molecule has 0 bridgehead atoms. The van der Waals surface area contributed by atoms with Crippen molar-refractivity contribution in [1.82, 2.24) is 14.8 Å². The average Bonchev–Trinajstić information content (AvgIpc) is 3.34. The summed E-state index contributed by atoms with van der Waals surface area (Å²) in [5, 5.41) is 2.94. The molecule has 156 valence electrons. The molecule has 2 amide bonds.